The average Bonchev–Trinajstić information content (AvgIpc) is 2.90. The van der Waals surface area contributed by atoms with Gasteiger partial charge >= 0.3 is 0 Å². The minimum Gasteiger partial charge on any atom is -0.467 e. The van der Waals surface area contributed by atoms with Crippen LogP contribution in [-0.4, -0.2) is 12.4 Å². The van der Waals surface area contributed by atoms with Crippen LogP contribution in [0.2, 0.25) is 0 Å². The number of aliphatic imine (C=N–C) groups is 1. The van der Waals surface area contributed by atoms with Gasteiger partial charge in [0.05, 0.1) is 6.54 Å². The van der Waals surface area contributed by atoms with E-state index in [9.17, 15) is 4.39 Å². The molecule has 2 aromatic rings. The van der Waals surface area contributed by atoms with Crippen molar-refractivity contribution in [2.75, 3.05) is 6.54 Å². The summed E-state index contributed by atoms with van der Waals surface area (Å²) < 4.78 is 18.6. The van der Waals surface area contributed by atoms with Gasteiger partial charge in [0.25, 0.3) is 0 Å². The van der Waals surface area contributed by atoms with Crippen molar-refractivity contribution >= 4 is 5.90 Å². The molecule has 3 rings (SSSR count). The summed E-state index contributed by atoms with van der Waals surface area (Å²) in [4.78, 5) is 4.39. The fraction of sp³-hybridized carbons (Fsp3) is 0.133. The van der Waals surface area contributed by atoms with Crippen LogP contribution in [0, 0.1) is 5.82 Å². The highest BCUT2D eigenvalue weighted by molar-refractivity contribution is 5.95. The maximum absolute atomic E-state index is 12.8. The molecule has 0 saturated carbocycles. The van der Waals surface area contributed by atoms with Gasteiger partial charge in [-0.05, 0) is 29.8 Å². The van der Waals surface area contributed by atoms with Gasteiger partial charge in [0.15, 0.2) is 0 Å². The molecule has 1 aliphatic rings. The summed E-state index contributed by atoms with van der Waals surface area (Å²) in [6, 6.07) is 16.2. The van der Waals surface area contributed by atoms with Crippen LogP contribution in [0.25, 0.3) is 0 Å². The van der Waals surface area contributed by atoms with Crippen molar-refractivity contribution in [3.05, 3.63) is 71.5 Å². The van der Waals surface area contributed by atoms with Gasteiger partial charge in [-0.15, -0.1) is 0 Å². The molecule has 1 aliphatic heterocycles. The van der Waals surface area contributed by atoms with E-state index in [-0.39, 0.29) is 11.9 Å². The monoisotopic (exact) mass is 241 g/mol. The van der Waals surface area contributed by atoms with E-state index in [2.05, 4.69) is 4.99 Å². The van der Waals surface area contributed by atoms with E-state index >= 15 is 0 Å². The van der Waals surface area contributed by atoms with Crippen LogP contribution in [0.1, 0.15) is 17.2 Å². The van der Waals surface area contributed by atoms with Gasteiger partial charge in [-0.25, -0.2) is 9.38 Å². The quantitative estimate of drug-likeness (QED) is 0.790. The summed E-state index contributed by atoms with van der Waals surface area (Å²) in [5, 5.41) is 0. The van der Waals surface area contributed by atoms with Gasteiger partial charge in [-0.2, -0.15) is 0 Å². The third-order valence-corrected chi connectivity index (χ3v) is 2.92. The van der Waals surface area contributed by atoms with E-state index in [0.717, 1.165) is 11.1 Å². The molecule has 90 valence electrons. The highest BCUT2D eigenvalue weighted by atomic mass is 19.1. The molecule has 0 fully saturated rings. The molecule has 0 radical (unpaired) electrons. The van der Waals surface area contributed by atoms with Crippen molar-refractivity contribution in [2.24, 2.45) is 4.99 Å². The first-order chi connectivity index (χ1) is 8.83. The maximum Gasteiger partial charge on any atom is 0.216 e. The molecule has 0 aromatic heterocycles. The predicted octanol–water partition coefficient (Wildman–Crippen LogP) is 3.34. The average molecular weight is 241 g/mol. The lowest BCUT2D eigenvalue weighted by atomic mass is 10.1. The molecule has 0 saturated heterocycles. The molecular formula is C15H12FNO. The predicted molar refractivity (Wildman–Crippen MR) is 68.1 cm³/mol. The van der Waals surface area contributed by atoms with Gasteiger partial charge in [-0.3, -0.25) is 0 Å². The Labute approximate surface area is 105 Å². The lowest BCUT2D eigenvalue weighted by Crippen LogP contribution is -2.06. The Morgan fingerprint density at radius 2 is 1.72 bits per heavy atom. The van der Waals surface area contributed by atoms with Crippen molar-refractivity contribution in [1.29, 1.82) is 0 Å². The van der Waals surface area contributed by atoms with Gasteiger partial charge in [0, 0.05) is 5.56 Å². The van der Waals surface area contributed by atoms with Crippen LogP contribution in [0.3, 0.4) is 0 Å². The molecule has 0 N–H and O–H groups in total. The molecule has 1 heterocycles. The first kappa shape index (κ1) is 11.0. The number of benzene rings is 2. The second-order valence-electron chi connectivity index (χ2n) is 4.17. The molecule has 0 amide bonds. The number of rotatable bonds is 2. The van der Waals surface area contributed by atoms with Crippen LogP contribution in [0.5, 0.6) is 0 Å². The van der Waals surface area contributed by atoms with Crippen LogP contribution in [0.15, 0.2) is 59.6 Å². The van der Waals surface area contributed by atoms with Crippen LogP contribution in [-0.2, 0) is 4.74 Å². The summed E-state index contributed by atoms with van der Waals surface area (Å²) in [6.07, 6.45) is -0.110. The third-order valence-electron chi connectivity index (χ3n) is 2.92. The Balaban J connectivity index is 1.76. The fourth-order valence-corrected chi connectivity index (χ4v) is 1.97. The van der Waals surface area contributed by atoms with Gasteiger partial charge in [0.1, 0.15) is 11.9 Å². The fourth-order valence-electron chi connectivity index (χ4n) is 1.97. The zero-order valence-electron chi connectivity index (χ0n) is 9.71. The summed E-state index contributed by atoms with van der Waals surface area (Å²) >= 11 is 0. The molecule has 3 heteroatoms. The number of nitrogens with zero attached hydrogens (tertiary/aromatic N) is 1. The first-order valence-corrected chi connectivity index (χ1v) is 5.85. The Hall–Kier alpha value is -2.16. The smallest absolute Gasteiger partial charge is 0.216 e. The van der Waals surface area contributed by atoms with E-state index < -0.39 is 0 Å². The molecule has 1 atom stereocenters. The standard InChI is InChI=1S/C15H12FNO/c16-13-8-6-11(7-9-13)14-10-17-15(18-14)12-4-2-1-3-5-12/h1-9,14H,10H2/t14-/m0/s1. The minimum absolute atomic E-state index is 0.110. The zero-order valence-corrected chi connectivity index (χ0v) is 9.71. The van der Waals surface area contributed by atoms with Gasteiger partial charge in [-0.1, -0.05) is 30.3 Å². The molecule has 0 aliphatic carbocycles. The highest BCUT2D eigenvalue weighted by Gasteiger charge is 2.22. The Morgan fingerprint density at radius 1 is 1.00 bits per heavy atom. The summed E-state index contributed by atoms with van der Waals surface area (Å²) in [5.74, 6) is 0.422. The van der Waals surface area contributed by atoms with E-state index in [1.165, 1.54) is 12.1 Å². The molecular weight excluding hydrogens is 229 g/mol. The van der Waals surface area contributed by atoms with Crippen LogP contribution >= 0.6 is 0 Å². The summed E-state index contributed by atoms with van der Waals surface area (Å²) in [6.45, 7) is 0.579. The van der Waals surface area contributed by atoms with E-state index in [1.807, 2.05) is 30.3 Å². The SMILES string of the molecule is Fc1ccc([C@@H]2CN=C(c3ccccc3)O2)cc1. The van der Waals surface area contributed by atoms with Crippen molar-refractivity contribution in [3.8, 4) is 0 Å². The van der Waals surface area contributed by atoms with E-state index in [0.29, 0.717) is 12.4 Å². The Morgan fingerprint density at radius 3 is 2.44 bits per heavy atom. The highest BCUT2D eigenvalue weighted by Crippen LogP contribution is 2.25. The van der Waals surface area contributed by atoms with Crippen LogP contribution in [0.4, 0.5) is 4.39 Å². The molecule has 2 nitrogen and oxygen atoms in total. The van der Waals surface area contributed by atoms with Crippen molar-refractivity contribution in [2.45, 2.75) is 6.10 Å². The number of hydrogen-bond donors (Lipinski definition) is 0. The van der Waals surface area contributed by atoms with Gasteiger partial charge in [0.2, 0.25) is 5.90 Å². The number of halogens is 1. The van der Waals surface area contributed by atoms with Gasteiger partial charge < -0.3 is 4.74 Å². The summed E-state index contributed by atoms with van der Waals surface area (Å²) in [7, 11) is 0. The maximum atomic E-state index is 12.8. The topological polar surface area (TPSA) is 21.6 Å². The molecule has 18 heavy (non-hydrogen) atoms. The largest absolute Gasteiger partial charge is 0.467 e. The minimum atomic E-state index is -0.235. The van der Waals surface area contributed by atoms with Crippen molar-refractivity contribution < 1.29 is 9.13 Å². The molecule has 2 aromatic carbocycles. The zero-order chi connectivity index (χ0) is 12.4. The van der Waals surface area contributed by atoms with Crippen LogP contribution < -0.4 is 0 Å². The molecule has 0 unspecified atom stereocenters. The van der Waals surface area contributed by atoms with E-state index in [4.69, 9.17) is 4.74 Å². The van der Waals surface area contributed by atoms with Crippen molar-refractivity contribution in [1.82, 2.24) is 0 Å². The summed E-state index contributed by atoms with van der Waals surface area (Å²) in [5.41, 5.74) is 1.92. The first-order valence-electron chi connectivity index (χ1n) is 5.85. The Bertz CT molecular complexity index is 563. The lowest BCUT2D eigenvalue weighted by Gasteiger charge is -2.11. The molecule has 0 spiro atoms. The molecule has 0 bridgehead atoms. The number of ether oxygens (including phenoxy) is 1. The Kier molecular flexibility index (Phi) is 2.81. The van der Waals surface area contributed by atoms with Crippen molar-refractivity contribution in [3.63, 3.8) is 0 Å². The normalized spacial score (nSPS) is 18.3. The third kappa shape index (κ3) is 2.12. The number of hydrogen-bond acceptors (Lipinski definition) is 2. The van der Waals surface area contributed by atoms with E-state index in [1.54, 1.807) is 12.1 Å². The lowest BCUT2D eigenvalue weighted by molar-refractivity contribution is 0.230. The second kappa shape index (κ2) is 4.61. The second-order valence-corrected chi connectivity index (χ2v) is 4.17.